The minimum absolute atomic E-state index is 0.894. The lowest BCUT2D eigenvalue weighted by Gasteiger charge is -2.34. The number of furan rings is 1. The highest BCUT2D eigenvalue weighted by Gasteiger charge is 2.41. The average Bonchev–Trinajstić information content (AvgIpc) is 3.88. The Morgan fingerprint density at radius 3 is 1.90 bits per heavy atom. The van der Waals surface area contributed by atoms with Crippen LogP contribution >= 0.6 is 0 Å². The van der Waals surface area contributed by atoms with E-state index in [4.69, 9.17) is 9.40 Å². The van der Waals surface area contributed by atoms with Gasteiger partial charge in [-0.2, -0.15) is 0 Å². The van der Waals surface area contributed by atoms with Gasteiger partial charge in [0.05, 0.1) is 5.69 Å². The predicted molar refractivity (Wildman–Crippen MR) is 216 cm³/mol. The molecule has 0 N–H and O–H groups in total. The SMILES string of the molecule is Cc1cc2c(n1-c1ccc3oc4ccc(-c5cccc([Si](c6ccccc6)(c6ccccc6)c6ccccc6)c5)cc4c3c1)-c1nccn1CCC2. The van der Waals surface area contributed by atoms with E-state index in [0.717, 1.165) is 52.8 Å². The molecule has 4 heterocycles. The molecule has 0 spiro atoms. The van der Waals surface area contributed by atoms with E-state index in [1.165, 1.54) is 48.8 Å². The molecule has 10 rings (SSSR count). The molecule has 0 unspecified atom stereocenters. The molecule has 0 amide bonds. The Kier molecular flexibility index (Phi) is 7.22. The van der Waals surface area contributed by atoms with E-state index in [1.54, 1.807) is 0 Å². The van der Waals surface area contributed by atoms with Crippen molar-refractivity contribution in [3.05, 3.63) is 181 Å². The molecule has 0 radical (unpaired) electrons. The van der Waals surface area contributed by atoms with Crippen molar-refractivity contribution >= 4 is 50.8 Å². The van der Waals surface area contributed by atoms with Crippen LogP contribution in [0.1, 0.15) is 17.7 Å². The lowest BCUT2D eigenvalue weighted by molar-refractivity contribution is 0.660. The number of rotatable bonds is 6. The van der Waals surface area contributed by atoms with E-state index < -0.39 is 8.07 Å². The molecule has 3 aromatic heterocycles. The normalized spacial score (nSPS) is 12.9. The molecule has 5 heteroatoms. The van der Waals surface area contributed by atoms with Gasteiger partial charge in [0.2, 0.25) is 0 Å². The predicted octanol–water partition coefficient (Wildman–Crippen LogP) is 8.54. The highest BCUT2D eigenvalue weighted by molar-refractivity contribution is 7.19. The smallest absolute Gasteiger partial charge is 0.179 e. The van der Waals surface area contributed by atoms with Gasteiger partial charge in [-0.3, -0.25) is 0 Å². The molecule has 250 valence electrons. The zero-order valence-electron chi connectivity index (χ0n) is 29.0. The van der Waals surface area contributed by atoms with Gasteiger partial charge in [0.15, 0.2) is 13.9 Å². The molecule has 0 saturated heterocycles. The number of hydrogen-bond donors (Lipinski definition) is 0. The number of nitrogens with zero attached hydrogens (tertiary/aromatic N) is 3. The first kappa shape index (κ1) is 30.6. The molecule has 0 bridgehead atoms. The minimum atomic E-state index is -2.66. The van der Waals surface area contributed by atoms with Crippen LogP contribution in [0.4, 0.5) is 0 Å². The van der Waals surface area contributed by atoms with Crippen molar-refractivity contribution in [2.24, 2.45) is 0 Å². The molecule has 4 nitrogen and oxygen atoms in total. The fourth-order valence-electron chi connectivity index (χ4n) is 8.70. The molecule has 1 aliphatic heterocycles. The van der Waals surface area contributed by atoms with Gasteiger partial charge in [0.25, 0.3) is 0 Å². The van der Waals surface area contributed by atoms with Crippen molar-refractivity contribution in [2.45, 2.75) is 26.3 Å². The zero-order valence-corrected chi connectivity index (χ0v) is 30.0. The molecule has 1 aliphatic rings. The Labute approximate surface area is 304 Å². The van der Waals surface area contributed by atoms with Crippen molar-refractivity contribution in [1.29, 1.82) is 0 Å². The largest absolute Gasteiger partial charge is 0.456 e. The lowest BCUT2D eigenvalue weighted by atomic mass is 10.0. The summed E-state index contributed by atoms with van der Waals surface area (Å²) >= 11 is 0. The van der Waals surface area contributed by atoms with Crippen LogP contribution in [-0.2, 0) is 13.0 Å². The molecule has 0 aliphatic carbocycles. The third-order valence-electron chi connectivity index (χ3n) is 11.0. The first-order valence-corrected chi connectivity index (χ1v) is 20.2. The fourth-order valence-corrected chi connectivity index (χ4v) is 13.5. The lowest BCUT2D eigenvalue weighted by Crippen LogP contribution is -2.74. The van der Waals surface area contributed by atoms with Crippen molar-refractivity contribution in [1.82, 2.24) is 14.1 Å². The van der Waals surface area contributed by atoms with Gasteiger partial charge in [-0.15, -0.1) is 0 Å². The first-order valence-electron chi connectivity index (χ1n) is 18.2. The van der Waals surface area contributed by atoms with Gasteiger partial charge in [-0.05, 0) is 93.6 Å². The summed E-state index contributed by atoms with van der Waals surface area (Å²) in [6, 6.07) is 58.2. The van der Waals surface area contributed by atoms with Crippen molar-refractivity contribution in [2.75, 3.05) is 0 Å². The molecule has 9 aromatic rings. The monoisotopic (exact) mass is 687 g/mol. The summed E-state index contributed by atoms with van der Waals surface area (Å²) in [5, 5.41) is 7.70. The highest BCUT2D eigenvalue weighted by Crippen LogP contribution is 2.37. The number of benzene rings is 6. The summed E-state index contributed by atoms with van der Waals surface area (Å²) in [6.45, 7) is 3.19. The van der Waals surface area contributed by atoms with E-state index in [1.807, 2.05) is 6.20 Å². The van der Waals surface area contributed by atoms with Gasteiger partial charge < -0.3 is 13.6 Å². The second kappa shape index (κ2) is 12.3. The standard InChI is InChI=1S/C47H37N3OSi/c1-33-29-36-14-12-27-49-28-26-48-47(49)46(36)50(33)37-23-25-45-43(32-37)42-31-35(22-24-44(42)51-45)34-13-11-21-41(30-34)52(38-15-5-2-6-16-38,39-17-7-3-8-18-39)40-19-9-4-10-20-40/h2-11,13,15-26,28-32H,12,14,27H2,1H3. The molecule has 0 saturated carbocycles. The summed E-state index contributed by atoms with van der Waals surface area (Å²) < 4.78 is 11.1. The van der Waals surface area contributed by atoms with Crippen LogP contribution in [-0.4, -0.2) is 22.2 Å². The summed E-state index contributed by atoms with van der Waals surface area (Å²) in [5.74, 6) is 1.04. The Hall–Kier alpha value is -6.17. The minimum Gasteiger partial charge on any atom is -0.456 e. The molecular weight excluding hydrogens is 651 g/mol. The van der Waals surface area contributed by atoms with E-state index in [2.05, 4.69) is 180 Å². The number of aromatic nitrogens is 3. The summed E-state index contributed by atoms with van der Waals surface area (Å²) in [7, 11) is -2.66. The Bertz CT molecular complexity index is 2630. The quantitative estimate of drug-likeness (QED) is 0.130. The van der Waals surface area contributed by atoms with Crippen LogP contribution in [0.2, 0.25) is 0 Å². The van der Waals surface area contributed by atoms with Crippen LogP contribution < -0.4 is 20.7 Å². The fraction of sp³-hybridized carbons (Fsp3) is 0.0851. The Balaban J connectivity index is 1.14. The Morgan fingerprint density at radius 1 is 0.596 bits per heavy atom. The van der Waals surface area contributed by atoms with E-state index in [-0.39, 0.29) is 0 Å². The van der Waals surface area contributed by atoms with Gasteiger partial charge >= 0.3 is 0 Å². The molecular formula is C47H37N3OSi. The van der Waals surface area contributed by atoms with Gasteiger partial charge in [0.1, 0.15) is 11.2 Å². The van der Waals surface area contributed by atoms with Gasteiger partial charge in [-0.1, -0.05) is 121 Å². The molecule has 6 aromatic carbocycles. The third kappa shape index (κ3) is 4.77. The number of hydrogen-bond acceptors (Lipinski definition) is 2. The van der Waals surface area contributed by atoms with Crippen molar-refractivity contribution in [3.8, 4) is 28.3 Å². The number of aryl methyl sites for hydroxylation is 3. The number of imidazole rings is 1. The van der Waals surface area contributed by atoms with Gasteiger partial charge in [-0.25, -0.2) is 4.98 Å². The van der Waals surface area contributed by atoms with Gasteiger partial charge in [0, 0.05) is 41.1 Å². The van der Waals surface area contributed by atoms with Crippen molar-refractivity contribution in [3.63, 3.8) is 0 Å². The van der Waals surface area contributed by atoms with Crippen LogP contribution in [0.3, 0.4) is 0 Å². The van der Waals surface area contributed by atoms with E-state index >= 15 is 0 Å². The second-order valence-corrected chi connectivity index (χ2v) is 17.8. The summed E-state index contributed by atoms with van der Waals surface area (Å²) in [5.41, 5.74) is 9.07. The maximum Gasteiger partial charge on any atom is 0.179 e. The van der Waals surface area contributed by atoms with Crippen LogP contribution in [0.25, 0.3) is 50.3 Å². The van der Waals surface area contributed by atoms with E-state index in [9.17, 15) is 0 Å². The van der Waals surface area contributed by atoms with E-state index in [0.29, 0.717) is 0 Å². The maximum absolute atomic E-state index is 6.46. The second-order valence-electron chi connectivity index (χ2n) is 14.0. The maximum atomic E-state index is 6.46. The zero-order chi connectivity index (χ0) is 34.6. The summed E-state index contributed by atoms with van der Waals surface area (Å²) in [6.07, 6.45) is 6.19. The molecule has 0 atom stereocenters. The van der Waals surface area contributed by atoms with Crippen LogP contribution in [0.15, 0.2) is 175 Å². The third-order valence-corrected chi connectivity index (χ3v) is 15.8. The van der Waals surface area contributed by atoms with Crippen LogP contribution in [0.5, 0.6) is 0 Å². The molecule has 0 fully saturated rings. The highest BCUT2D eigenvalue weighted by atomic mass is 28.3. The molecule has 52 heavy (non-hydrogen) atoms. The average molecular weight is 688 g/mol. The first-order chi connectivity index (χ1) is 25.7. The summed E-state index contributed by atoms with van der Waals surface area (Å²) in [4.78, 5) is 4.81. The van der Waals surface area contributed by atoms with Crippen molar-refractivity contribution < 1.29 is 4.42 Å². The topological polar surface area (TPSA) is 35.9 Å². The van der Waals surface area contributed by atoms with Crippen LogP contribution in [0, 0.1) is 6.92 Å². The Morgan fingerprint density at radius 2 is 1.21 bits per heavy atom. The number of fused-ring (bicyclic) bond motifs is 6.